The summed E-state index contributed by atoms with van der Waals surface area (Å²) in [7, 11) is 0. The van der Waals surface area contributed by atoms with Gasteiger partial charge in [0.25, 0.3) is 0 Å². The van der Waals surface area contributed by atoms with E-state index in [1.807, 2.05) is 0 Å². The van der Waals surface area contributed by atoms with Gasteiger partial charge in [-0.05, 0) is 24.2 Å². The van der Waals surface area contributed by atoms with Crippen LogP contribution in [0.5, 0.6) is 0 Å². The number of thiol groups is 2. The standard InChI is InChI=1S/C26H33FN10O9P2S3/c27-15-18-13(44-24(15)36-6-11-2-1-5-51-23-14(11)21(36)31-9-32-23)8-42-48(40,50)46-19-17(38)12(7-41-47(39,49)45-18)43-25(19)37-10-33-16-20(29)34-26(30-4-3-28)35-22(16)37/h6,9-10,12-13,15,17-19,24-25,38H,1-5,7-8,28H2,(H,39,49)(H,40,50)(H3,29,30,34,35)/t12-,13-,15-,17-,18-,19-,24-,25-,47?,48?/m1/s1. The lowest BCUT2D eigenvalue weighted by molar-refractivity contribution is -0.0567. The second kappa shape index (κ2) is 13.9. The van der Waals surface area contributed by atoms with Crippen molar-refractivity contribution in [1.82, 2.24) is 34.1 Å². The number of imidazole rings is 1. The maximum atomic E-state index is 16.5. The molecule has 10 atom stereocenters. The summed E-state index contributed by atoms with van der Waals surface area (Å²) in [4.78, 5) is 21.7. The molecule has 4 aliphatic heterocycles. The number of nitrogens with one attached hydrogen (secondary N) is 1. The molecule has 0 aromatic carbocycles. The van der Waals surface area contributed by atoms with Gasteiger partial charge in [-0.25, -0.2) is 28.5 Å². The number of anilines is 2. The van der Waals surface area contributed by atoms with Crippen molar-refractivity contribution in [3.05, 3.63) is 24.4 Å². The van der Waals surface area contributed by atoms with Crippen LogP contribution in [0.3, 0.4) is 0 Å². The lowest BCUT2D eigenvalue weighted by Gasteiger charge is -2.26. The number of ether oxygens (including phenoxy) is 2. The first-order valence-electron chi connectivity index (χ1n) is 15.8. The fraction of sp³-hybridized carbons (Fsp3) is 0.577. The van der Waals surface area contributed by atoms with Gasteiger partial charge in [0, 0.05) is 19.3 Å². The van der Waals surface area contributed by atoms with Crippen LogP contribution in [0.4, 0.5) is 16.2 Å². The fourth-order valence-corrected chi connectivity index (χ4v) is 10.4. The first-order chi connectivity index (χ1) is 24.4. The van der Waals surface area contributed by atoms with Crippen LogP contribution < -0.4 is 16.8 Å². The Morgan fingerprint density at radius 1 is 1.02 bits per heavy atom. The number of nitrogens with two attached hydrogens (primary N) is 2. The van der Waals surface area contributed by atoms with E-state index in [4.69, 9.17) is 39.0 Å². The summed E-state index contributed by atoms with van der Waals surface area (Å²) in [5.74, 6) is 1.07. The van der Waals surface area contributed by atoms with E-state index in [9.17, 15) is 14.2 Å². The molecule has 4 aliphatic rings. The number of fused-ring (bicyclic) bond motifs is 4. The summed E-state index contributed by atoms with van der Waals surface area (Å²) in [6.07, 6.45) is -5.53. The van der Waals surface area contributed by atoms with Crippen molar-refractivity contribution in [1.29, 1.82) is 0 Å². The van der Waals surface area contributed by atoms with Crippen molar-refractivity contribution in [2.75, 3.05) is 43.1 Å². The Kier molecular flexibility index (Phi) is 9.82. The molecule has 3 fully saturated rings. The fourth-order valence-electron chi connectivity index (χ4n) is 6.52. The summed E-state index contributed by atoms with van der Waals surface area (Å²) in [5, 5.41) is 15.9. The van der Waals surface area contributed by atoms with E-state index in [1.165, 1.54) is 17.2 Å². The van der Waals surface area contributed by atoms with Gasteiger partial charge >= 0.3 is 13.6 Å². The summed E-state index contributed by atoms with van der Waals surface area (Å²) >= 11 is 9.87. The zero-order valence-corrected chi connectivity index (χ0v) is 30.8. The van der Waals surface area contributed by atoms with E-state index in [2.05, 4.69) is 54.7 Å². The number of aliphatic hydroxyl groups is 1. The minimum atomic E-state index is -4.39. The molecule has 8 heterocycles. The molecule has 0 saturated carbocycles. The summed E-state index contributed by atoms with van der Waals surface area (Å²) in [5.41, 5.74) is 13.5. The van der Waals surface area contributed by atoms with E-state index in [0.717, 1.165) is 34.6 Å². The number of thioether (sulfide) groups is 1. The Morgan fingerprint density at radius 2 is 1.76 bits per heavy atom. The third-order valence-corrected chi connectivity index (χ3v) is 13.1. The lowest BCUT2D eigenvalue weighted by Crippen LogP contribution is -2.35. The normalized spacial score (nSPS) is 35.9. The summed E-state index contributed by atoms with van der Waals surface area (Å²) in [6, 6.07) is 0. The number of aryl methyl sites for hydroxylation is 1. The number of aliphatic hydroxyl groups excluding tert-OH is 1. The quantitative estimate of drug-likeness (QED) is 0.0964. The van der Waals surface area contributed by atoms with Crippen molar-refractivity contribution in [3.8, 4) is 0 Å². The van der Waals surface area contributed by atoms with E-state index in [-0.39, 0.29) is 22.9 Å². The van der Waals surface area contributed by atoms with Gasteiger partial charge in [0.15, 0.2) is 30.1 Å². The molecule has 4 aromatic heterocycles. The van der Waals surface area contributed by atoms with Crippen LogP contribution in [0, 0.1) is 0 Å². The molecule has 51 heavy (non-hydrogen) atoms. The third-order valence-electron chi connectivity index (χ3n) is 8.80. The monoisotopic (exact) mass is 806 g/mol. The van der Waals surface area contributed by atoms with E-state index in [0.29, 0.717) is 18.7 Å². The number of aromatic nitrogens is 7. The smallest absolute Gasteiger partial charge is 0.386 e. The van der Waals surface area contributed by atoms with E-state index >= 15 is 4.39 Å². The highest BCUT2D eigenvalue weighted by Crippen LogP contribution is 2.60. The SMILES string of the molecule is NCCNc1nc(N)c2ncn([C@@H]3O[C@@H]4COP(=O)(S)O[C@H]5[C@@H](F)[C@H](n6cc7c8c(ncnc86)SCCC7)O[C@@H]5COP(=O)(S)O[C@@H]3[C@@H]4O)c2n1. The van der Waals surface area contributed by atoms with Gasteiger partial charge in [-0.15, -0.1) is 11.8 Å². The van der Waals surface area contributed by atoms with Gasteiger partial charge in [0.05, 0.1) is 24.9 Å². The Hall–Kier alpha value is -2.11. The zero-order valence-electron chi connectivity index (χ0n) is 26.4. The predicted octanol–water partition coefficient (Wildman–Crippen LogP) is 2.65. The summed E-state index contributed by atoms with van der Waals surface area (Å²) in [6.45, 7) is -9.28. The van der Waals surface area contributed by atoms with Crippen molar-refractivity contribution >= 4 is 83.8 Å². The maximum absolute atomic E-state index is 16.5. The highest BCUT2D eigenvalue weighted by Gasteiger charge is 2.54. The van der Waals surface area contributed by atoms with Crippen molar-refractivity contribution in [2.45, 2.75) is 67.0 Å². The maximum Gasteiger partial charge on any atom is 0.386 e. The highest BCUT2D eigenvalue weighted by atomic mass is 32.7. The molecule has 0 amide bonds. The molecule has 0 aliphatic carbocycles. The van der Waals surface area contributed by atoms with Crippen LogP contribution in [-0.4, -0.2) is 108 Å². The van der Waals surface area contributed by atoms with Crippen molar-refractivity contribution in [2.24, 2.45) is 5.73 Å². The molecule has 2 bridgehead atoms. The van der Waals surface area contributed by atoms with Gasteiger partial charge in [0.1, 0.15) is 53.0 Å². The number of nitrogen functional groups attached to an aromatic ring is 1. The van der Waals surface area contributed by atoms with Gasteiger partial charge in [0.2, 0.25) is 5.95 Å². The third kappa shape index (κ3) is 6.79. The molecule has 2 unspecified atom stereocenters. The molecular weight excluding hydrogens is 773 g/mol. The van der Waals surface area contributed by atoms with Crippen molar-refractivity contribution < 1.29 is 46.2 Å². The van der Waals surface area contributed by atoms with Crippen LogP contribution in [0.1, 0.15) is 24.4 Å². The summed E-state index contributed by atoms with van der Waals surface area (Å²) < 4.78 is 81.7. The molecule has 3 saturated heterocycles. The average molecular weight is 807 g/mol. The second-order valence-electron chi connectivity index (χ2n) is 12.1. The molecule has 8 rings (SSSR count). The number of alkyl halides is 1. The van der Waals surface area contributed by atoms with Gasteiger partial charge in [-0.1, -0.05) is 24.5 Å². The largest absolute Gasteiger partial charge is 0.387 e. The minimum Gasteiger partial charge on any atom is -0.387 e. The van der Waals surface area contributed by atoms with Crippen LogP contribution in [0.25, 0.3) is 22.2 Å². The molecule has 0 spiro atoms. The molecular formula is C26H33FN10O9P2S3. The van der Waals surface area contributed by atoms with Crippen molar-refractivity contribution in [3.63, 3.8) is 0 Å². The number of halogens is 1. The van der Waals surface area contributed by atoms with E-state index < -0.39 is 76.0 Å². The topological polar surface area (TPSA) is 248 Å². The Labute approximate surface area is 303 Å². The average Bonchev–Trinajstić information content (AvgIpc) is 3.79. The number of nitrogens with zero attached hydrogens (tertiary/aromatic N) is 7. The highest BCUT2D eigenvalue weighted by molar-refractivity contribution is 8.44. The van der Waals surface area contributed by atoms with E-state index in [1.54, 1.807) is 22.5 Å². The van der Waals surface area contributed by atoms with Crippen LogP contribution in [0.2, 0.25) is 0 Å². The molecule has 25 heteroatoms. The molecule has 276 valence electrons. The first-order valence-corrected chi connectivity index (χ1v) is 22.2. The zero-order chi connectivity index (χ0) is 35.7. The second-order valence-corrected chi connectivity index (χ2v) is 18.9. The van der Waals surface area contributed by atoms with Crippen LogP contribution in [-0.2, 0) is 43.1 Å². The molecule has 6 N–H and O–H groups in total. The number of rotatable bonds is 5. The number of hydrogen-bond donors (Lipinski definition) is 6. The lowest BCUT2D eigenvalue weighted by atomic mass is 10.1. The predicted molar refractivity (Wildman–Crippen MR) is 187 cm³/mol. The Balaban J connectivity index is 1.10. The van der Waals surface area contributed by atoms with Gasteiger partial charge < -0.3 is 35.9 Å². The molecule has 0 radical (unpaired) electrons. The Bertz CT molecular complexity index is 2070. The number of hydrogen-bond acceptors (Lipinski definition) is 18. The van der Waals surface area contributed by atoms with Gasteiger partial charge in [-0.2, -0.15) is 9.97 Å². The molecule has 19 nitrogen and oxygen atoms in total. The molecule has 4 aromatic rings. The Morgan fingerprint density at radius 3 is 2.55 bits per heavy atom. The van der Waals surface area contributed by atoms with Crippen LogP contribution in [0.15, 0.2) is 23.9 Å². The minimum absolute atomic E-state index is 0.0439. The van der Waals surface area contributed by atoms with Crippen LogP contribution >= 0.6 is 49.9 Å². The first kappa shape index (κ1) is 35.9. The van der Waals surface area contributed by atoms with Gasteiger partial charge in [-0.3, -0.25) is 22.7 Å².